The lowest BCUT2D eigenvalue weighted by atomic mass is 10.0. The van der Waals surface area contributed by atoms with Gasteiger partial charge in [0.25, 0.3) is 5.91 Å². The van der Waals surface area contributed by atoms with Crippen molar-refractivity contribution >= 4 is 64.6 Å². The number of nitrogens with zero attached hydrogens (tertiary/aromatic N) is 2. The van der Waals surface area contributed by atoms with E-state index in [2.05, 4.69) is 0 Å². The quantitative estimate of drug-likeness (QED) is 0.603. The number of carbonyl (C=O) groups is 1. The van der Waals surface area contributed by atoms with Crippen molar-refractivity contribution in [3.8, 4) is 10.6 Å². The maximum absolute atomic E-state index is 13.2. The fraction of sp³-hybridized carbons (Fsp3) is 0.263. The van der Waals surface area contributed by atoms with E-state index < -0.39 is 0 Å². The number of hydrogen-bond acceptors (Lipinski definition) is 4. The second kappa shape index (κ2) is 9.22. The molecule has 0 saturated carbocycles. The van der Waals surface area contributed by atoms with Crippen LogP contribution in [0.2, 0.25) is 4.34 Å². The number of rotatable bonds is 2. The molecule has 0 aliphatic carbocycles. The Kier molecular flexibility index (Phi) is 7.48. The van der Waals surface area contributed by atoms with Crippen molar-refractivity contribution in [2.24, 2.45) is 5.73 Å². The number of hydrogen-bond donors (Lipinski definition) is 1. The minimum Gasteiger partial charge on any atom is -0.337 e. The molecule has 0 radical (unpaired) electrons. The molecule has 27 heavy (non-hydrogen) atoms. The number of nitrogens with two attached hydrogens (primary N) is 1. The Morgan fingerprint density at radius 3 is 2.70 bits per heavy atom. The molecule has 1 saturated heterocycles. The first kappa shape index (κ1) is 21.9. The summed E-state index contributed by atoms with van der Waals surface area (Å²) in [6.07, 6.45) is 1.92. The van der Waals surface area contributed by atoms with E-state index in [9.17, 15) is 4.79 Å². The van der Waals surface area contributed by atoms with E-state index >= 15 is 0 Å². The number of carbonyl (C=O) groups excluding carboxylic acids is 1. The molecule has 1 atom stereocenters. The van der Waals surface area contributed by atoms with Crippen LogP contribution in [0.15, 0.2) is 42.5 Å². The molecule has 0 bridgehead atoms. The second-order valence-electron chi connectivity index (χ2n) is 6.33. The van der Waals surface area contributed by atoms with E-state index in [1.165, 1.54) is 11.3 Å². The van der Waals surface area contributed by atoms with E-state index in [1.807, 2.05) is 47.4 Å². The third-order valence-corrected chi connectivity index (χ3v) is 5.77. The molecule has 0 spiro atoms. The molecule has 1 aliphatic heterocycles. The molecule has 8 heteroatoms. The molecular weight excluding hydrogens is 425 g/mol. The maximum atomic E-state index is 13.2. The highest BCUT2D eigenvalue weighted by atomic mass is 35.5. The Labute approximate surface area is 179 Å². The van der Waals surface area contributed by atoms with Gasteiger partial charge in [-0.15, -0.1) is 36.2 Å². The molecular formula is C19H20Cl3N3OS. The summed E-state index contributed by atoms with van der Waals surface area (Å²) in [6.45, 7) is 1.36. The third-order valence-electron chi connectivity index (χ3n) is 4.52. The smallest absolute Gasteiger partial charge is 0.254 e. The van der Waals surface area contributed by atoms with Gasteiger partial charge in [-0.2, -0.15) is 0 Å². The molecule has 4 nitrogen and oxygen atoms in total. The highest BCUT2D eigenvalue weighted by molar-refractivity contribution is 7.19. The lowest BCUT2D eigenvalue weighted by Crippen LogP contribution is -2.45. The largest absolute Gasteiger partial charge is 0.337 e. The average Bonchev–Trinajstić information content (AvgIpc) is 3.06. The highest BCUT2D eigenvalue weighted by Gasteiger charge is 2.24. The van der Waals surface area contributed by atoms with Gasteiger partial charge in [0.2, 0.25) is 0 Å². The number of aromatic nitrogens is 1. The summed E-state index contributed by atoms with van der Waals surface area (Å²) in [5, 5.41) is 0.873. The molecule has 144 valence electrons. The number of likely N-dealkylation sites (tertiary alicyclic amines) is 1. The monoisotopic (exact) mass is 443 g/mol. The summed E-state index contributed by atoms with van der Waals surface area (Å²) in [7, 11) is 0. The molecule has 3 aromatic rings. The molecule has 1 fully saturated rings. The van der Waals surface area contributed by atoms with E-state index in [4.69, 9.17) is 22.3 Å². The van der Waals surface area contributed by atoms with Crippen LogP contribution in [0.5, 0.6) is 0 Å². The van der Waals surface area contributed by atoms with Crippen LogP contribution < -0.4 is 5.73 Å². The Bertz CT molecular complexity index is 947. The molecule has 4 rings (SSSR count). The van der Waals surface area contributed by atoms with Gasteiger partial charge in [0.05, 0.1) is 26.0 Å². The van der Waals surface area contributed by atoms with Crippen LogP contribution in [-0.4, -0.2) is 34.9 Å². The van der Waals surface area contributed by atoms with Gasteiger partial charge in [0, 0.05) is 24.5 Å². The summed E-state index contributed by atoms with van der Waals surface area (Å²) in [5.74, 6) is 0.0256. The third kappa shape index (κ3) is 4.55. The zero-order chi connectivity index (χ0) is 17.4. The maximum Gasteiger partial charge on any atom is 0.254 e. The topological polar surface area (TPSA) is 59.2 Å². The van der Waals surface area contributed by atoms with Gasteiger partial charge in [-0.05, 0) is 37.1 Å². The van der Waals surface area contributed by atoms with Gasteiger partial charge in [-0.3, -0.25) is 4.79 Å². The first-order chi connectivity index (χ1) is 12.1. The Morgan fingerprint density at radius 2 is 2.00 bits per heavy atom. The predicted molar refractivity (Wildman–Crippen MR) is 118 cm³/mol. The molecule has 1 aromatic carbocycles. The van der Waals surface area contributed by atoms with Gasteiger partial charge in [0.1, 0.15) is 0 Å². The fourth-order valence-corrected chi connectivity index (χ4v) is 4.30. The van der Waals surface area contributed by atoms with Gasteiger partial charge in [-0.25, -0.2) is 4.98 Å². The zero-order valence-electron chi connectivity index (χ0n) is 14.4. The van der Waals surface area contributed by atoms with Crippen LogP contribution in [-0.2, 0) is 0 Å². The van der Waals surface area contributed by atoms with Crippen LogP contribution in [0.4, 0.5) is 0 Å². The molecule has 2 N–H and O–H groups in total. The van der Waals surface area contributed by atoms with E-state index in [-0.39, 0.29) is 36.8 Å². The lowest BCUT2D eigenvalue weighted by Gasteiger charge is -2.31. The number of pyridine rings is 1. The van der Waals surface area contributed by atoms with Crippen molar-refractivity contribution in [2.45, 2.75) is 18.9 Å². The Hall–Kier alpha value is -1.37. The molecule has 1 unspecified atom stereocenters. The van der Waals surface area contributed by atoms with Gasteiger partial charge in [-0.1, -0.05) is 29.8 Å². The molecule has 3 heterocycles. The van der Waals surface area contributed by atoms with Crippen LogP contribution in [0.1, 0.15) is 23.2 Å². The van der Waals surface area contributed by atoms with E-state index in [0.29, 0.717) is 16.4 Å². The van der Waals surface area contributed by atoms with Crippen LogP contribution in [0.3, 0.4) is 0 Å². The first-order valence-corrected chi connectivity index (χ1v) is 9.51. The first-order valence-electron chi connectivity index (χ1n) is 8.32. The predicted octanol–water partition coefficient (Wildman–Crippen LogP) is 5.02. The van der Waals surface area contributed by atoms with Crippen molar-refractivity contribution in [3.63, 3.8) is 0 Å². The number of fused-ring (bicyclic) bond motifs is 1. The molecule has 1 aliphatic rings. The summed E-state index contributed by atoms with van der Waals surface area (Å²) in [6, 6.07) is 13.5. The Morgan fingerprint density at radius 1 is 1.22 bits per heavy atom. The van der Waals surface area contributed by atoms with Gasteiger partial charge >= 0.3 is 0 Å². The summed E-state index contributed by atoms with van der Waals surface area (Å²) >= 11 is 7.53. The second-order valence-corrected chi connectivity index (χ2v) is 8.04. The van der Waals surface area contributed by atoms with Crippen LogP contribution >= 0.6 is 47.8 Å². The highest BCUT2D eigenvalue weighted by Crippen LogP contribution is 2.32. The van der Waals surface area contributed by atoms with Crippen LogP contribution in [0, 0.1) is 0 Å². The van der Waals surface area contributed by atoms with Crippen molar-refractivity contribution in [1.29, 1.82) is 0 Å². The minimum atomic E-state index is 0. The standard InChI is InChI=1S/C19H18ClN3OS.2ClH/c20-18-8-7-17(25-18)16-10-14(13-5-1-2-6-15(13)22-16)19(24)23-9-3-4-12(21)11-23;;/h1-2,5-8,10,12H,3-4,9,11,21H2;2*1H. The minimum absolute atomic E-state index is 0. The lowest BCUT2D eigenvalue weighted by molar-refractivity contribution is 0.0711. The molecule has 1 amide bonds. The van der Waals surface area contributed by atoms with Crippen molar-refractivity contribution in [3.05, 3.63) is 52.4 Å². The van der Waals surface area contributed by atoms with E-state index in [1.54, 1.807) is 0 Å². The number of amides is 1. The Balaban J connectivity index is 0.00000131. The van der Waals surface area contributed by atoms with Gasteiger partial charge in [0.15, 0.2) is 0 Å². The SMILES string of the molecule is Cl.Cl.NC1CCCN(C(=O)c2cc(-c3ccc(Cl)s3)nc3ccccc23)C1. The van der Waals surface area contributed by atoms with Crippen molar-refractivity contribution in [1.82, 2.24) is 9.88 Å². The van der Waals surface area contributed by atoms with Crippen LogP contribution in [0.25, 0.3) is 21.5 Å². The zero-order valence-corrected chi connectivity index (χ0v) is 17.6. The van der Waals surface area contributed by atoms with Crippen molar-refractivity contribution in [2.75, 3.05) is 13.1 Å². The van der Waals surface area contributed by atoms with Gasteiger partial charge < -0.3 is 10.6 Å². The number of para-hydroxylation sites is 1. The van der Waals surface area contributed by atoms with E-state index in [0.717, 1.165) is 40.9 Å². The number of benzene rings is 1. The number of thiophene rings is 1. The average molecular weight is 445 g/mol. The number of halogens is 3. The summed E-state index contributed by atoms with van der Waals surface area (Å²) in [4.78, 5) is 20.7. The normalized spacial score (nSPS) is 16.5. The summed E-state index contributed by atoms with van der Waals surface area (Å²) < 4.78 is 0.708. The van der Waals surface area contributed by atoms with Crippen molar-refractivity contribution < 1.29 is 4.79 Å². The summed E-state index contributed by atoms with van der Waals surface area (Å²) in [5.41, 5.74) is 8.33. The number of piperidine rings is 1. The fourth-order valence-electron chi connectivity index (χ4n) is 3.30. The molecule has 2 aromatic heterocycles.